The Bertz CT molecular complexity index is 1100. The van der Waals surface area contributed by atoms with Gasteiger partial charge in [-0.1, -0.05) is 6.07 Å². The first-order valence-electron chi connectivity index (χ1n) is 8.05. The van der Waals surface area contributed by atoms with Crippen LogP contribution in [-0.4, -0.2) is 25.8 Å². The maximum absolute atomic E-state index is 12.4. The molecular formula is C19H17N5O. The van der Waals surface area contributed by atoms with Crippen LogP contribution in [0.4, 0.5) is 0 Å². The predicted molar refractivity (Wildman–Crippen MR) is 96.3 cm³/mol. The van der Waals surface area contributed by atoms with Crippen LogP contribution in [0.5, 0.6) is 0 Å². The molecule has 0 atom stereocenters. The van der Waals surface area contributed by atoms with Gasteiger partial charge < -0.3 is 10.3 Å². The summed E-state index contributed by atoms with van der Waals surface area (Å²) in [5, 5.41) is 2.94. The van der Waals surface area contributed by atoms with Crippen LogP contribution in [0.1, 0.15) is 27.3 Å². The predicted octanol–water partition coefficient (Wildman–Crippen LogP) is 3.05. The van der Waals surface area contributed by atoms with Gasteiger partial charge in [-0.2, -0.15) is 0 Å². The highest BCUT2D eigenvalue weighted by Gasteiger charge is 2.09. The number of aryl methyl sites for hydroxylation is 2. The summed E-state index contributed by atoms with van der Waals surface area (Å²) < 4.78 is 0. The number of aromatic nitrogens is 4. The number of amides is 1. The number of imidazole rings is 1. The molecule has 0 aliphatic heterocycles. The monoisotopic (exact) mass is 331 g/mol. The molecule has 6 nitrogen and oxygen atoms in total. The second kappa shape index (κ2) is 5.98. The number of hydrogen-bond acceptors (Lipinski definition) is 4. The van der Waals surface area contributed by atoms with Crippen LogP contribution in [0.3, 0.4) is 0 Å². The Labute approximate surface area is 144 Å². The lowest BCUT2D eigenvalue weighted by Gasteiger charge is -2.07. The van der Waals surface area contributed by atoms with Crippen molar-refractivity contribution in [2.75, 3.05) is 0 Å². The van der Waals surface area contributed by atoms with E-state index >= 15 is 0 Å². The zero-order valence-electron chi connectivity index (χ0n) is 14.0. The van der Waals surface area contributed by atoms with Gasteiger partial charge in [0.05, 0.1) is 39.8 Å². The molecule has 0 spiro atoms. The van der Waals surface area contributed by atoms with E-state index in [-0.39, 0.29) is 5.91 Å². The van der Waals surface area contributed by atoms with E-state index < -0.39 is 0 Å². The van der Waals surface area contributed by atoms with Crippen molar-refractivity contribution in [2.45, 2.75) is 20.4 Å². The molecule has 0 aliphatic carbocycles. The zero-order chi connectivity index (χ0) is 17.4. The van der Waals surface area contributed by atoms with Crippen molar-refractivity contribution in [3.05, 3.63) is 65.2 Å². The van der Waals surface area contributed by atoms with E-state index in [2.05, 4.69) is 25.3 Å². The van der Waals surface area contributed by atoms with E-state index in [4.69, 9.17) is 0 Å². The molecule has 1 amide bonds. The fourth-order valence-electron chi connectivity index (χ4n) is 2.75. The summed E-state index contributed by atoms with van der Waals surface area (Å²) in [6.07, 6.45) is 1.66. The van der Waals surface area contributed by atoms with Gasteiger partial charge in [-0.15, -0.1) is 0 Å². The molecule has 4 rings (SSSR count). The maximum atomic E-state index is 12.4. The van der Waals surface area contributed by atoms with Gasteiger partial charge >= 0.3 is 0 Å². The average molecular weight is 331 g/mol. The van der Waals surface area contributed by atoms with Crippen molar-refractivity contribution < 1.29 is 4.79 Å². The number of nitrogens with zero attached hydrogens (tertiary/aromatic N) is 3. The van der Waals surface area contributed by atoms with Crippen molar-refractivity contribution in [1.82, 2.24) is 25.3 Å². The van der Waals surface area contributed by atoms with Crippen LogP contribution in [-0.2, 0) is 6.54 Å². The molecule has 2 heterocycles. The number of aromatic amines is 1. The maximum Gasteiger partial charge on any atom is 0.251 e. The van der Waals surface area contributed by atoms with Gasteiger partial charge in [-0.05, 0) is 49.7 Å². The van der Waals surface area contributed by atoms with Gasteiger partial charge in [-0.3, -0.25) is 4.79 Å². The minimum absolute atomic E-state index is 0.133. The fraction of sp³-hybridized carbons (Fsp3) is 0.158. The van der Waals surface area contributed by atoms with Crippen LogP contribution >= 0.6 is 0 Å². The van der Waals surface area contributed by atoms with Crippen molar-refractivity contribution in [3.63, 3.8) is 0 Å². The second-order valence-corrected chi connectivity index (χ2v) is 6.03. The second-order valence-electron chi connectivity index (χ2n) is 6.03. The van der Waals surface area contributed by atoms with Crippen LogP contribution in [0, 0.1) is 13.8 Å². The summed E-state index contributed by atoms with van der Waals surface area (Å²) in [5.41, 5.74) is 6.76. The summed E-state index contributed by atoms with van der Waals surface area (Å²) in [7, 11) is 0. The summed E-state index contributed by atoms with van der Waals surface area (Å²) in [6, 6.07) is 11.3. The lowest BCUT2D eigenvalue weighted by Crippen LogP contribution is -2.22. The van der Waals surface area contributed by atoms with E-state index in [1.807, 2.05) is 38.1 Å². The van der Waals surface area contributed by atoms with Gasteiger partial charge in [0, 0.05) is 12.1 Å². The molecular weight excluding hydrogens is 314 g/mol. The zero-order valence-corrected chi connectivity index (χ0v) is 14.0. The number of nitrogens with one attached hydrogen (secondary N) is 2. The van der Waals surface area contributed by atoms with Gasteiger partial charge in [-0.25, -0.2) is 15.0 Å². The normalized spacial score (nSPS) is 11.1. The third-order valence-electron chi connectivity index (χ3n) is 4.28. The first-order valence-corrected chi connectivity index (χ1v) is 8.05. The number of carbonyl (C=O) groups is 1. The summed E-state index contributed by atoms with van der Waals surface area (Å²) in [5.74, 6) is -0.133. The highest BCUT2D eigenvalue weighted by molar-refractivity contribution is 5.97. The molecule has 0 aliphatic rings. The van der Waals surface area contributed by atoms with E-state index in [1.165, 1.54) is 0 Å². The van der Waals surface area contributed by atoms with Crippen LogP contribution < -0.4 is 5.32 Å². The number of benzene rings is 2. The topological polar surface area (TPSA) is 83.6 Å². The number of H-pyrrole nitrogens is 1. The number of rotatable bonds is 3. The Morgan fingerprint density at radius 1 is 1.00 bits per heavy atom. The third-order valence-corrected chi connectivity index (χ3v) is 4.28. The highest BCUT2D eigenvalue weighted by atomic mass is 16.1. The molecule has 2 aromatic heterocycles. The fourth-order valence-corrected chi connectivity index (χ4v) is 2.75. The van der Waals surface area contributed by atoms with Crippen molar-refractivity contribution in [1.29, 1.82) is 0 Å². The van der Waals surface area contributed by atoms with Crippen LogP contribution in [0.2, 0.25) is 0 Å². The minimum Gasteiger partial charge on any atom is -0.348 e. The number of fused-ring (bicyclic) bond motifs is 2. The molecule has 0 radical (unpaired) electrons. The van der Waals surface area contributed by atoms with Gasteiger partial charge in [0.25, 0.3) is 5.91 Å². The first-order chi connectivity index (χ1) is 12.1. The Morgan fingerprint density at radius 3 is 2.60 bits per heavy atom. The Balaban J connectivity index is 1.53. The molecule has 0 fully saturated rings. The third kappa shape index (κ3) is 2.94. The molecule has 6 heteroatoms. The molecule has 0 bridgehead atoms. The molecule has 0 saturated heterocycles. The molecule has 4 aromatic rings. The Kier molecular flexibility index (Phi) is 3.65. The Hall–Kier alpha value is -3.28. The van der Waals surface area contributed by atoms with Crippen molar-refractivity contribution in [2.24, 2.45) is 0 Å². The number of hydrogen-bond donors (Lipinski definition) is 2. The number of carbonyl (C=O) groups excluding carboxylic acids is 1. The SMILES string of the molecule is Cc1nc2ccc(C(=O)NCc3ccc4nc[nH]c4c3)cc2nc1C. The van der Waals surface area contributed by atoms with E-state index in [0.29, 0.717) is 12.1 Å². The quantitative estimate of drug-likeness (QED) is 0.604. The van der Waals surface area contributed by atoms with Gasteiger partial charge in [0.2, 0.25) is 0 Å². The van der Waals surface area contributed by atoms with E-state index in [0.717, 1.165) is 39.0 Å². The highest BCUT2D eigenvalue weighted by Crippen LogP contribution is 2.15. The Morgan fingerprint density at radius 2 is 1.76 bits per heavy atom. The summed E-state index contributed by atoms with van der Waals surface area (Å²) in [4.78, 5) is 28.7. The van der Waals surface area contributed by atoms with E-state index in [1.54, 1.807) is 18.5 Å². The molecule has 25 heavy (non-hydrogen) atoms. The lowest BCUT2D eigenvalue weighted by molar-refractivity contribution is 0.0951. The minimum atomic E-state index is -0.133. The largest absolute Gasteiger partial charge is 0.348 e. The van der Waals surface area contributed by atoms with Crippen LogP contribution in [0.15, 0.2) is 42.7 Å². The average Bonchev–Trinajstić information content (AvgIpc) is 3.08. The van der Waals surface area contributed by atoms with E-state index in [9.17, 15) is 4.79 Å². The lowest BCUT2D eigenvalue weighted by atomic mass is 10.1. The molecule has 2 aromatic carbocycles. The standard InChI is InChI=1S/C19H17N5O/c1-11-12(2)24-18-8-14(4-6-16(18)23-11)19(25)20-9-13-3-5-15-17(7-13)22-10-21-15/h3-8,10H,9H2,1-2H3,(H,20,25)(H,21,22). The summed E-state index contributed by atoms with van der Waals surface area (Å²) >= 11 is 0. The molecule has 0 unspecified atom stereocenters. The molecule has 2 N–H and O–H groups in total. The molecule has 124 valence electrons. The summed E-state index contributed by atoms with van der Waals surface area (Å²) in [6.45, 7) is 4.30. The van der Waals surface area contributed by atoms with Crippen molar-refractivity contribution in [3.8, 4) is 0 Å². The van der Waals surface area contributed by atoms with Gasteiger partial charge in [0.1, 0.15) is 0 Å². The van der Waals surface area contributed by atoms with Gasteiger partial charge in [0.15, 0.2) is 0 Å². The van der Waals surface area contributed by atoms with Crippen LogP contribution in [0.25, 0.3) is 22.1 Å². The molecule has 0 saturated carbocycles. The smallest absolute Gasteiger partial charge is 0.251 e. The van der Waals surface area contributed by atoms with Crippen molar-refractivity contribution >= 4 is 28.0 Å². The first kappa shape index (κ1) is 15.3.